The summed E-state index contributed by atoms with van der Waals surface area (Å²) in [5.41, 5.74) is 0.619. The van der Waals surface area contributed by atoms with Gasteiger partial charge in [-0.2, -0.15) is 0 Å². The Morgan fingerprint density at radius 1 is 1.21 bits per heavy atom. The first-order valence-electron chi connectivity index (χ1n) is 7.78. The standard InChI is InChI=1S/C18H21FN2O3/c1-13(4-3-11-22)20-18(23)21-15-7-9-16(10-8-15)24-17-6-2-5-14(19)12-17/h2,5-10,12-13,22H,3-4,11H2,1H3,(H2,20,21,23). The van der Waals surface area contributed by atoms with Crippen molar-refractivity contribution in [3.8, 4) is 11.5 Å². The highest BCUT2D eigenvalue weighted by molar-refractivity contribution is 5.89. The summed E-state index contributed by atoms with van der Waals surface area (Å²) in [6.45, 7) is 1.99. The molecule has 0 saturated heterocycles. The molecule has 0 aliphatic carbocycles. The highest BCUT2D eigenvalue weighted by Gasteiger charge is 2.07. The predicted octanol–water partition coefficient (Wildman–Crippen LogP) is 3.90. The van der Waals surface area contributed by atoms with Gasteiger partial charge < -0.3 is 20.5 Å². The number of ether oxygens (including phenoxy) is 1. The molecule has 0 aromatic heterocycles. The maximum Gasteiger partial charge on any atom is 0.319 e. The van der Waals surface area contributed by atoms with Crippen LogP contribution in [0.15, 0.2) is 48.5 Å². The van der Waals surface area contributed by atoms with Crippen molar-refractivity contribution in [1.29, 1.82) is 0 Å². The van der Waals surface area contributed by atoms with Crippen LogP contribution in [0.4, 0.5) is 14.9 Å². The van der Waals surface area contributed by atoms with Gasteiger partial charge in [-0.1, -0.05) is 6.07 Å². The molecule has 0 radical (unpaired) electrons. The molecule has 0 spiro atoms. The molecule has 2 amide bonds. The maximum atomic E-state index is 13.1. The number of rotatable bonds is 7. The van der Waals surface area contributed by atoms with Gasteiger partial charge in [-0.05, 0) is 56.2 Å². The van der Waals surface area contributed by atoms with Crippen molar-refractivity contribution in [2.45, 2.75) is 25.8 Å². The van der Waals surface area contributed by atoms with Crippen molar-refractivity contribution in [3.63, 3.8) is 0 Å². The van der Waals surface area contributed by atoms with Crippen LogP contribution in [0.1, 0.15) is 19.8 Å². The Labute approximate surface area is 140 Å². The lowest BCUT2D eigenvalue weighted by atomic mass is 10.2. The van der Waals surface area contributed by atoms with Gasteiger partial charge in [0.25, 0.3) is 0 Å². The number of amides is 2. The van der Waals surface area contributed by atoms with Crippen LogP contribution >= 0.6 is 0 Å². The molecule has 128 valence electrons. The van der Waals surface area contributed by atoms with Gasteiger partial charge in [0, 0.05) is 24.4 Å². The molecule has 1 unspecified atom stereocenters. The van der Waals surface area contributed by atoms with Crippen LogP contribution in [0.2, 0.25) is 0 Å². The van der Waals surface area contributed by atoms with Gasteiger partial charge in [-0.25, -0.2) is 9.18 Å². The zero-order valence-electron chi connectivity index (χ0n) is 13.5. The largest absolute Gasteiger partial charge is 0.457 e. The van der Waals surface area contributed by atoms with Crippen molar-refractivity contribution >= 4 is 11.7 Å². The first kappa shape index (κ1) is 17.7. The predicted molar refractivity (Wildman–Crippen MR) is 90.9 cm³/mol. The third-order valence-electron chi connectivity index (χ3n) is 3.32. The first-order valence-corrected chi connectivity index (χ1v) is 7.78. The lowest BCUT2D eigenvalue weighted by Crippen LogP contribution is -2.36. The number of carbonyl (C=O) groups is 1. The molecule has 2 aromatic rings. The molecule has 2 rings (SSSR count). The molecular formula is C18H21FN2O3. The summed E-state index contributed by atoms with van der Waals surface area (Å²) in [5.74, 6) is 0.590. The third-order valence-corrected chi connectivity index (χ3v) is 3.32. The SMILES string of the molecule is CC(CCCO)NC(=O)Nc1ccc(Oc2cccc(F)c2)cc1. The number of anilines is 1. The molecule has 0 fully saturated rings. The smallest absolute Gasteiger partial charge is 0.319 e. The second-order valence-corrected chi connectivity index (χ2v) is 5.45. The number of halogens is 1. The topological polar surface area (TPSA) is 70.6 Å². The Bertz CT molecular complexity index is 662. The highest BCUT2D eigenvalue weighted by Crippen LogP contribution is 2.23. The minimum Gasteiger partial charge on any atom is -0.457 e. The maximum absolute atomic E-state index is 13.1. The summed E-state index contributed by atoms with van der Waals surface area (Å²) < 4.78 is 18.6. The van der Waals surface area contributed by atoms with Gasteiger partial charge in [-0.15, -0.1) is 0 Å². The summed E-state index contributed by atoms with van der Waals surface area (Å²) in [6.07, 6.45) is 1.36. The monoisotopic (exact) mass is 332 g/mol. The van der Waals surface area contributed by atoms with Crippen LogP contribution in [-0.4, -0.2) is 23.8 Å². The van der Waals surface area contributed by atoms with Crippen molar-refractivity contribution in [3.05, 3.63) is 54.3 Å². The second kappa shape index (κ2) is 8.88. The van der Waals surface area contributed by atoms with Crippen LogP contribution in [-0.2, 0) is 0 Å². The molecule has 0 bridgehead atoms. The average Bonchev–Trinajstić information content (AvgIpc) is 2.55. The van der Waals surface area contributed by atoms with Crippen LogP contribution in [0.5, 0.6) is 11.5 Å². The van der Waals surface area contributed by atoms with E-state index in [0.717, 1.165) is 0 Å². The second-order valence-electron chi connectivity index (χ2n) is 5.45. The Balaban J connectivity index is 1.86. The van der Waals surface area contributed by atoms with Gasteiger partial charge in [-0.3, -0.25) is 0 Å². The molecule has 0 heterocycles. The van der Waals surface area contributed by atoms with E-state index < -0.39 is 0 Å². The Morgan fingerprint density at radius 3 is 2.62 bits per heavy atom. The number of aliphatic hydroxyl groups excluding tert-OH is 1. The van der Waals surface area contributed by atoms with Crippen molar-refractivity contribution in [2.24, 2.45) is 0 Å². The van der Waals surface area contributed by atoms with E-state index in [1.54, 1.807) is 36.4 Å². The highest BCUT2D eigenvalue weighted by atomic mass is 19.1. The number of nitrogens with one attached hydrogen (secondary N) is 2. The van der Waals surface area contributed by atoms with Crippen molar-refractivity contribution < 1.29 is 19.0 Å². The summed E-state index contributed by atoms with van der Waals surface area (Å²) >= 11 is 0. The fourth-order valence-electron chi connectivity index (χ4n) is 2.13. The number of hydrogen-bond acceptors (Lipinski definition) is 3. The number of hydrogen-bond donors (Lipinski definition) is 3. The van der Waals surface area contributed by atoms with Gasteiger partial charge in [0.1, 0.15) is 17.3 Å². The molecule has 0 aliphatic rings. The molecule has 24 heavy (non-hydrogen) atoms. The minimum absolute atomic E-state index is 0.0206. The van der Waals surface area contributed by atoms with E-state index in [2.05, 4.69) is 10.6 Å². The summed E-state index contributed by atoms with van der Waals surface area (Å²) in [5, 5.41) is 14.3. The van der Waals surface area contributed by atoms with Gasteiger partial charge >= 0.3 is 6.03 Å². The average molecular weight is 332 g/mol. The lowest BCUT2D eigenvalue weighted by Gasteiger charge is -2.14. The van der Waals surface area contributed by atoms with Gasteiger partial charge in [0.05, 0.1) is 0 Å². The molecule has 2 aromatic carbocycles. The molecule has 0 saturated carbocycles. The first-order chi connectivity index (χ1) is 11.6. The number of benzene rings is 2. The summed E-state index contributed by atoms with van der Waals surface area (Å²) in [4.78, 5) is 11.8. The Kier molecular flexibility index (Phi) is 6.57. The molecular weight excluding hydrogens is 311 g/mol. The summed E-state index contributed by atoms with van der Waals surface area (Å²) in [6, 6.07) is 12.3. The third kappa shape index (κ3) is 5.89. The van der Waals surface area contributed by atoms with E-state index in [1.807, 2.05) is 6.92 Å². The lowest BCUT2D eigenvalue weighted by molar-refractivity contribution is 0.245. The minimum atomic E-state index is -0.363. The van der Waals surface area contributed by atoms with Crippen LogP contribution in [0, 0.1) is 5.82 Å². The molecule has 0 aliphatic heterocycles. The normalized spacial score (nSPS) is 11.6. The fourth-order valence-corrected chi connectivity index (χ4v) is 2.13. The zero-order chi connectivity index (χ0) is 17.4. The Morgan fingerprint density at radius 2 is 1.96 bits per heavy atom. The van der Waals surface area contributed by atoms with Gasteiger partial charge in [0.2, 0.25) is 0 Å². The van der Waals surface area contributed by atoms with Crippen molar-refractivity contribution in [2.75, 3.05) is 11.9 Å². The number of carbonyl (C=O) groups excluding carboxylic acids is 1. The quantitative estimate of drug-likeness (QED) is 0.720. The van der Waals surface area contributed by atoms with Crippen LogP contribution in [0.25, 0.3) is 0 Å². The van der Waals surface area contributed by atoms with Gasteiger partial charge in [0.15, 0.2) is 0 Å². The summed E-state index contributed by atoms with van der Waals surface area (Å²) in [7, 11) is 0. The van der Waals surface area contributed by atoms with Crippen LogP contribution in [0.3, 0.4) is 0 Å². The van der Waals surface area contributed by atoms with Crippen LogP contribution < -0.4 is 15.4 Å². The van der Waals surface area contributed by atoms with E-state index >= 15 is 0 Å². The molecule has 3 N–H and O–H groups in total. The van der Waals surface area contributed by atoms with E-state index in [9.17, 15) is 9.18 Å². The number of urea groups is 1. The molecule has 5 nitrogen and oxygen atoms in total. The molecule has 1 atom stereocenters. The van der Waals surface area contributed by atoms with E-state index in [4.69, 9.17) is 9.84 Å². The van der Waals surface area contributed by atoms with Crippen molar-refractivity contribution in [1.82, 2.24) is 5.32 Å². The van der Waals surface area contributed by atoms with E-state index in [0.29, 0.717) is 30.0 Å². The van der Waals surface area contributed by atoms with E-state index in [1.165, 1.54) is 12.1 Å². The fraction of sp³-hybridized carbons (Fsp3) is 0.278. The van der Waals surface area contributed by atoms with E-state index in [-0.39, 0.29) is 24.5 Å². The Hall–Kier alpha value is -2.60. The molecule has 6 heteroatoms. The zero-order valence-corrected chi connectivity index (χ0v) is 13.5. The number of aliphatic hydroxyl groups is 1.